The first-order chi connectivity index (χ1) is 7.34. The average molecular weight is 225 g/mol. The predicted molar refractivity (Wildman–Crippen MR) is 63.8 cm³/mol. The lowest BCUT2D eigenvalue weighted by atomic mass is 10.2. The molecular formula is C12H18O2P. The minimum atomic E-state index is -1.65. The van der Waals surface area contributed by atoms with E-state index in [0.29, 0.717) is 6.61 Å². The molecule has 1 aromatic carbocycles. The molecule has 0 aliphatic carbocycles. The van der Waals surface area contributed by atoms with Gasteiger partial charge in [0.2, 0.25) is 8.03 Å². The zero-order chi connectivity index (χ0) is 10.9. The van der Waals surface area contributed by atoms with Gasteiger partial charge < -0.3 is 4.52 Å². The lowest BCUT2D eigenvalue weighted by molar-refractivity contribution is 0.322. The Morgan fingerprint density at radius 3 is 2.53 bits per heavy atom. The topological polar surface area (TPSA) is 26.3 Å². The molecule has 83 valence electrons. The zero-order valence-electron chi connectivity index (χ0n) is 9.19. The van der Waals surface area contributed by atoms with E-state index in [9.17, 15) is 4.57 Å². The van der Waals surface area contributed by atoms with Crippen molar-refractivity contribution in [2.75, 3.05) is 6.61 Å². The lowest BCUT2D eigenvalue weighted by Gasteiger charge is -2.02. The van der Waals surface area contributed by atoms with E-state index >= 15 is 0 Å². The fraction of sp³-hybridized carbons (Fsp3) is 0.500. The van der Waals surface area contributed by atoms with E-state index in [1.807, 2.05) is 30.3 Å². The molecule has 0 aliphatic heterocycles. The van der Waals surface area contributed by atoms with Crippen LogP contribution >= 0.6 is 8.03 Å². The van der Waals surface area contributed by atoms with Gasteiger partial charge in [0.25, 0.3) is 0 Å². The van der Waals surface area contributed by atoms with Gasteiger partial charge >= 0.3 is 0 Å². The van der Waals surface area contributed by atoms with Gasteiger partial charge in [0, 0.05) is 0 Å². The van der Waals surface area contributed by atoms with Gasteiger partial charge in [-0.05, 0) is 18.6 Å². The van der Waals surface area contributed by atoms with Gasteiger partial charge in [-0.1, -0.05) is 44.4 Å². The van der Waals surface area contributed by atoms with Gasteiger partial charge in [-0.2, -0.15) is 0 Å². The maximum Gasteiger partial charge on any atom is 0.246 e. The van der Waals surface area contributed by atoms with Crippen LogP contribution < -0.4 is 5.30 Å². The first kappa shape index (κ1) is 12.4. The standard InChI is InChI=1S/C12H18O2P/c1-2-3-4-8-11-14-15(13)12-9-6-5-7-10-12/h5-7,9-10H,2-4,8,11H2,1H3. The third-order valence-corrected chi connectivity index (χ3v) is 3.31. The summed E-state index contributed by atoms with van der Waals surface area (Å²) in [4.78, 5) is 0. The highest BCUT2D eigenvalue weighted by Crippen LogP contribution is 2.21. The molecule has 0 saturated heterocycles. The van der Waals surface area contributed by atoms with Gasteiger partial charge in [0.05, 0.1) is 11.9 Å². The van der Waals surface area contributed by atoms with Crippen molar-refractivity contribution >= 4 is 13.3 Å². The smallest absolute Gasteiger partial charge is 0.246 e. The van der Waals surface area contributed by atoms with E-state index in [1.54, 1.807) is 0 Å². The Balaban J connectivity index is 2.20. The molecule has 0 amide bonds. The summed E-state index contributed by atoms with van der Waals surface area (Å²) in [5.41, 5.74) is 0. The Morgan fingerprint density at radius 1 is 1.13 bits per heavy atom. The van der Waals surface area contributed by atoms with Crippen LogP contribution in [0.15, 0.2) is 30.3 Å². The number of rotatable bonds is 7. The average Bonchev–Trinajstić information content (AvgIpc) is 2.30. The summed E-state index contributed by atoms with van der Waals surface area (Å²) in [6.07, 6.45) is 4.60. The quantitative estimate of drug-likeness (QED) is 0.523. The Hall–Kier alpha value is -0.720. The summed E-state index contributed by atoms with van der Waals surface area (Å²) in [7, 11) is -1.65. The largest absolute Gasteiger partial charge is 0.301 e. The number of hydrogen-bond acceptors (Lipinski definition) is 2. The van der Waals surface area contributed by atoms with Crippen molar-refractivity contribution in [3.05, 3.63) is 30.3 Å². The highest BCUT2D eigenvalue weighted by Gasteiger charge is 2.03. The second kappa shape index (κ2) is 7.56. The first-order valence-electron chi connectivity index (χ1n) is 5.50. The van der Waals surface area contributed by atoms with Crippen molar-refractivity contribution in [2.24, 2.45) is 0 Å². The Bertz CT molecular complexity index is 285. The van der Waals surface area contributed by atoms with Crippen LogP contribution in [-0.4, -0.2) is 6.61 Å². The number of unbranched alkanes of at least 4 members (excludes halogenated alkanes) is 3. The fourth-order valence-electron chi connectivity index (χ4n) is 1.30. The van der Waals surface area contributed by atoms with Crippen LogP contribution in [0.5, 0.6) is 0 Å². The fourth-order valence-corrected chi connectivity index (χ4v) is 2.16. The van der Waals surface area contributed by atoms with E-state index in [1.165, 1.54) is 12.8 Å². The summed E-state index contributed by atoms with van der Waals surface area (Å²) >= 11 is 0. The highest BCUT2D eigenvalue weighted by atomic mass is 31.1. The molecule has 15 heavy (non-hydrogen) atoms. The zero-order valence-corrected chi connectivity index (χ0v) is 10.1. The normalized spacial score (nSPS) is 11.4. The molecule has 0 aromatic heterocycles. The predicted octanol–water partition coefficient (Wildman–Crippen LogP) is 3.65. The van der Waals surface area contributed by atoms with Gasteiger partial charge in [0.1, 0.15) is 0 Å². The van der Waals surface area contributed by atoms with Crippen LogP contribution in [0.4, 0.5) is 0 Å². The van der Waals surface area contributed by atoms with Crippen molar-refractivity contribution in [2.45, 2.75) is 32.6 Å². The number of benzene rings is 1. The molecule has 2 nitrogen and oxygen atoms in total. The molecule has 1 atom stereocenters. The van der Waals surface area contributed by atoms with E-state index < -0.39 is 8.03 Å². The Labute approximate surface area is 92.5 Å². The summed E-state index contributed by atoms with van der Waals surface area (Å²) in [5, 5.41) is 0.781. The Morgan fingerprint density at radius 2 is 1.87 bits per heavy atom. The second-order valence-electron chi connectivity index (χ2n) is 3.49. The van der Waals surface area contributed by atoms with Crippen LogP contribution in [0.1, 0.15) is 32.6 Å². The molecule has 0 aliphatic rings. The van der Waals surface area contributed by atoms with Crippen LogP contribution in [-0.2, 0) is 9.09 Å². The molecular weight excluding hydrogens is 207 g/mol. The third-order valence-electron chi connectivity index (χ3n) is 2.17. The van der Waals surface area contributed by atoms with Crippen molar-refractivity contribution in [1.29, 1.82) is 0 Å². The Kier molecular flexibility index (Phi) is 6.22. The minimum Gasteiger partial charge on any atom is -0.301 e. The minimum absolute atomic E-state index is 0.601. The van der Waals surface area contributed by atoms with Crippen molar-refractivity contribution in [1.82, 2.24) is 0 Å². The van der Waals surface area contributed by atoms with E-state index in [0.717, 1.165) is 18.1 Å². The van der Waals surface area contributed by atoms with Gasteiger partial charge in [-0.15, -0.1) is 0 Å². The SMILES string of the molecule is CCCCCCO[P](=O)c1ccccc1. The van der Waals surface area contributed by atoms with Crippen LogP contribution in [0.25, 0.3) is 0 Å². The molecule has 0 heterocycles. The third kappa shape index (κ3) is 5.06. The van der Waals surface area contributed by atoms with E-state index in [-0.39, 0.29) is 0 Å². The van der Waals surface area contributed by atoms with Crippen LogP contribution in [0.2, 0.25) is 0 Å². The van der Waals surface area contributed by atoms with Crippen molar-refractivity contribution < 1.29 is 9.09 Å². The molecule has 1 unspecified atom stereocenters. The van der Waals surface area contributed by atoms with E-state index in [2.05, 4.69) is 6.92 Å². The molecule has 3 heteroatoms. The second-order valence-corrected chi connectivity index (χ2v) is 4.78. The molecule has 0 fully saturated rings. The summed E-state index contributed by atoms with van der Waals surface area (Å²) in [6.45, 7) is 2.77. The molecule has 0 saturated carbocycles. The van der Waals surface area contributed by atoms with Gasteiger partial charge in [-0.25, -0.2) is 0 Å². The molecule has 1 radical (unpaired) electrons. The summed E-state index contributed by atoms with van der Waals surface area (Å²) in [5.74, 6) is 0. The van der Waals surface area contributed by atoms with Crippen LogP contribution in [0.3, 0.4) is 0 Å². The highest BCUT2D eigenvalue weighted by molar-refractivity contribution is 7.48. The van der Waals surface area contributed by atoms with Crippen LogP contribution in [0, 0.1) is 0 Å². The van der Waals surface area contributed by atoms with Gasteiger partial charge in [0.15, 0.2) is 0 Å². The molecule has 1 aromatic rings. The van der Waals surface area contributed by atoms with Crippen molar-refractivity contribution in [3.63, 3.8) is 0 Å². The lowest BCUT2D eigenvalue weighted by Crippen LogP contribution is -1.98. The molecule has 0 spiro atoms. The summed E-state index contributed by atoms with van der Waals surface area (Å²) < 4.78 is 16.9. The van der Waals surface area contributed by atoms with Gasteiger partial charge in [-0.3, -0.25) is 4.57 Å². The molecule has 1 rings (SSSR count). The monoisotopic (exact) mass is 225 g/mol. The number of hydrogen-bond donors (Lipinski definition) is 0. The van der Waals surface area contributed by atoms with Crippen molar-refractivity contribution in [3.8, 4) is 0 Å². The maximum atomic E-state index is 11.6. The maximum absolute atomic E-state index is 11.6. The van der Waals surface area contributed by atoms with E-state index in [4.69, 9.17) is 4.52 Å². The first-order valence-corrected chi connectivity index (χ1v) is 6.67. The molecule has 0 N–H and O–H groups in total. The summed E-state index contributed by atoms with van der Waals surface area (Å²) in [6, 6.07) is 9.34. The molecule has 0 bridgehead atoms.